The van der Waals surface area contributed by atoms with Gasteiger partial charge in [-0.2, -0.15) is 13.2 Å². The largest absolute Gasteiger partial charge is 0.419 e. The number of thiophene rings is 1. The highest BCUT2D eigenvalue weighted by Crippen LogP contribution is 2.33. The molecule has 0 amide bonds. The monoisotopic (exact) mass is 305 g/mol. The Morgan fingerprint density at radius 2 is 2.00 bits per heavy atom. The average Bonchev–Trinajstić information content (AvgIpc) is 2.90. The van der Waals surface area contributed by atoms with Gasteiger partial charge < -0.3 is 10.4 Å². The number of hydrogen-bond donors (Lipinski definition) is 2. The maximum Gasteiger partial charge on any atom is 0.419 e. The van der Waals surface area contributed by atoms with Crippen molar-refractivity contribution in [3.05, 3.63) is 52.0 Å². The van der Waals surface area contributed by atoms with Gasteiger partial charge in [0.1, 0.15) is 11.9 Å². The molecule has 0 spiro atoms. The van der Waals surface area contributed by atoms with Crippen molar-refractivity contribution in [1.29, 1.82) is 0 Å². The van der Waals surface area contributed by atoms with Crippen LogP contribution in [0, 0.1) is 5.82 Å². The molecular formula is C13H11F4NOS. The molecular weight excluding hydrogens is 294 g/mol. The van der Waals surface area contributed by atoms with E-state index in [1.807, 2.05) is 0 Å². The Morgan fingerprint density at radius 1 is 1.25 bits per heavy atom. The van der Waals surface area contributed by atoms with Crippen LogP contribution >= 0.6 is 11.3 Å². The second kappa shape index (κ2) is 5.80. The lowest BCUT2D eigenvalue weighted by Crippen LogP contribution is -2.13. The van der Waals surface area contributed by atoms with Crippen molar-refractivity contribution in [1.82, 2.24) is 0 Å². The van der Waals surface area contributed by atoms with Gasteiger partial charge in [0, 0.05) is 17.1 Å². The van der Waals surface area contributed by atoms with E-state index in [4.69, 9.17) is 0 Å². The van der Waals surface area contributed by atoms with E-state index in [9.17, 15) is 22.7 Å². The summed E-state index contributed by atoms with van der Waals surface area (Å²) in [5.41, 5.74) is -1.22. The number of hydrogen-bond acceptors (Lipinski definition) is 3. The molecule has 1 aromatic heterocycles. The van der Waals surface area contributed by atoms with Gasteiger partial charge in [0.15, 0.2) is 0 Å². The number of nitrogens with one attached hydrogen (secondary N) is 1. The molecule has 1 heterocycles. The number of aliphatic hydroxyl groups excluding tert-OH is 1. The Hall–Kier alpha value is -1.60. The molecule has 7 heteroatoms. The van der Waals surface area contributed by atoms with Gasteiger partial charge in [-0.05, 0) is 29.6 Å². The third kappa shape index (κ3) is 3.49. The minimum atomic E-state index is -4.74. The molecule has 1 aromatic carbocycles. The predicted octanol–water partition coefficient (Wildman–Crippen LogP) is 4.05. The zero-order valence-corrected chi connectivity index (χ0v) is 10.9. The summed E-state index contributed by atoms with van der Waals surface area (Å²) >= 11 is 1.35. The maximum absolute atomic E-state index is 13.1. The zero-order valence-electron chi connectivity index (χ0n) is 10.1. The Morgan fingerprint density at radius 3 is 2.60 bits per heavy atom. The molecule has 1 unspecified atom stereocenters. The van der Waals surface area contributed by atoms with E-state index in [0.29, 0.717) is 10.9 Å². The third-order valence-corrected chi connectivity index (χ3v) is 3.62. The first-order chi connectivity index (χ1) is 9.38. The summed E-state index contributed by atoms with van der Waals surface area (Å²) in [5, 5.41) is 14.3. The maximum atomic E-state index is 13.1. The van der Waals surface area contributed by atoms with Crippen molar-refractivity contribution in [2.75, 3.05) is 11.9 Å². The minimum Gasteiger partial charge on any atom is -0.386 e. The first kappa shape index (κ1) is 14.8. The number of benzene rings is 1. The average molecular weight is 305 g/mol. The zero-order chi connectivity index (χ0) is 14.8. The highest BCUT2D eigenvalue weighted by molar-refractivity contribution is 7.10. The van der Waals surface area contributed by atoms with Crippen LogP contribution in [0.1, 0.15) is 16.5 Å². The molecule has 0 aliphatic carbocycles. The summed E-state index contributed by atoms with van der Waals surface area (Å²) in [6.07, 6.45) is -5.57. The predicted molar refractivity (Wildman–Crippen MR) is 69.2 cm³/mol. The Balaban J connectivity index is 2.07. The van der Waals surface area contributed by atoms with Gasteiger partial charge in [-0.1, -0.05) is 6.07 Å². The van der Waals surface area contributed by atoms with Crippen LogP contribution in [0.5, 0.6) is 0 Å². The normalized spacial score (nSPS) is 13.2. The lowest BCUT2D eigenvalue weighted by Gasteiger charge is -2.14. The van der Waals surface area contributed by atoms with Gasteiger partial charge in [-0.25, -0.2) is 4.39 Å². The van der Waals surface area contributed by atoms with Crippen LogP contribution in [0.2, 0.25) is 0 Å². The fraction of sp³-hybridized carbons (Fsp3) is 0.231. The minimum absolute atomic E-state index is 0.0451. The summed E-state index contributed by atoms with van der Waals surface area (Å²) in [6, 6.07) is 6.14. The number of aliphatic hydroxyl groups is 1. The van der Waals surface area contributed by atoms with E-state index in [2.05, 4.69) is 5.32 Å². The van der Waals surface area contributed by atoms with E-state index in [1.54, 1.807) is 17.5 Å². The van der Waals surface area contributed by atoms with E-state index in [0.717, 1.165) is 6.07 Å². The molecule has 2 nitrogen and oxygen atoms in total. The first-order valence-electron chi connectivity index (χ1n) is 5.70. The lowest BCUT2D eigenvalue weighted by atomic mass is 10.1. The molecule has 0 aliphatic rings. The first-order valence-corrected chi connectivity index (χ1v) is 6.58. The van der Waals surface area contributed by atoms with Gasteiger partial charge in [0.25, 0.3) is 0 Å². The van der Waals surface area contributed by atoms with E-state index in [-0.39, 0.29) is 12.2 Å². The molecule has 108 valence electrons. The number of alkyl halides is 3. The SMILES string of the molecule is OC(CNc1ccc(F)c(C(F)(F)F)c1)c1cccs1. The molecule has 2 aromatic rings. The molecule has 0 aliphatic heterocycles. The standard InChI is InChI=1S/C13H11F4NOS/c14-10-4-3-8(6-9(10)13(15,16)17)18-7-11(19)12-2-1-5-20-12/h1-6,11,18-19H,7H2. The third-order valence-electron chi connectivity index (χ3n) is 2.64. The number of rotatable bonds is 4. The van der Waals surface area contributed by atoms with Crippen molar-refractivity contribution in [2.24, 2.45) is 0 Å². The molecule has 0 saturated heterocycles. The second-order valence-corrected chi connectivity index (χ2v) is 5.08. The lowest BCUT2D eigenvalue weighted by molar-refractivity contribution is -0.139. The molecule has 2 rings (SSSR count). The fourth-order valence-corrected chi connectivity index (χ4v) is 2.36. The van der Waals surface area contributed by atoms with Gasteiger partial charge >= 0.3 is 6.18 Å². The molecule has 1 atom stereocenters. The van der Waals surface area contributed by atoms with Gasteiger partial charge in [-0.3, -0.25) is 0 Å². The Kier molecular flexibility index (Phi) is 4.29. The Bertz CT molecular complexity index is 568. The highest BCUT2D eigenvalue weighted by Gasteiger charge is 2.34. The molecule has 0 saturated carbocycles. The van der Waals surface area contributed by atoms with Crippen molar-refractivity contribution in [2.45, 2.75) is 12.3 Å². The van der Waals surface area contributed by atoms with Crippen molar-refractivity contribution in [3.63, 3.8) is 0 Å². The van der Waals surface area contributed by atoms with E-state index in [1.165, 1.54) is 17.4 Å². The highest BCUT2D eigenvalue weighted by atomic mass is 32.1. The summed E-state index contributed by atoms with van der Waals surface area (Å²) in [5.74, 6) is -1.32. The van der Waals surface area contributed by atoms with Crippen LogP contribution in [0.3, 0.4) is 0 Å². The second-order valence-electron chi connectivity index (χ2n) is 4.10. The quantitative estimate of drug-likeness (QED) is 0.835. The van der Waals surface area contributed by atoms with Crippen LogP contribution < -0.4 is 5.32 Å². The topological polar surface area (TPSA) is 32.3 Å². The number of anilines is 1. The summed E-state index contributed by atoms with van der Waals surface area (Å²) < 4.78 is 50.7. The Labute approximate surface area is 116 Å². The van der Waals surface area contributed by atoms with Crippen LogP contribution in [-0.4, -0.2) is 11.7 Å². The van der Waals surface area contributed by atoms with Crippen LogP contribution in [-0.2, 0) is 6.18 Å². The van der Waals surface area contributed by atoms with Crippen molar-refractivity contribution in [3.8, 4) is 0 Å². The fourth-order valence-electron chi connectivity index (χ4n) is 1.65. The van der Waals surface area contributed by atoms with Crippen LogP contribution in [0.15, 0.2) is 35.7 Å². The summed E-state index contributed by atoms with van der Waals surface area (Å²) in [4.78, 5) is 0.704. The molecule has 2 N–H and O–H groups in total. The van der Waals surface area contributed by atoms with Gasteiger partial charge in [0.2, 0.25) is 0 Å². The molecule has 0 fully saturated rings. The van der Waals surface area contributed by atoms with Crippen molar-refractivity contribution >= 4 is 17.0 Å². The van der Waals surface area contributed by atoms with Crippen molar-refractivity contribution < 1.29 is 22.7 Å². The van der Waals surface area contributed by atoms with E-state index < -0.39 is 23.7 Å². The van der Waals surface area contributed by atoms with Crippen LogP contribution in [0.25, 0.3) is 0 Å². The molecule has 0 radical (unpaired) electrons. The van der Waals surface area contributed by atoms with E-state index >= 15 is 0 Å². The summed E-state index contributed by atoms with van der Waals surface area (Å²) in [7, 11) is 0. The summed E-state index contributed by atoms with van der Waals surface area (Å²) in [6.45, 7) is 0.0451. The van der Waals surface area contributed by atoms with Gasteiger partial charge in [-0.15, -0.1) is 11.3 Å². The van der Waals surface area contributed by atoms with Gasteiger partial charge in [0.05, 0.1) is 5.56 Å². The molecule has 0 bridgehead atoms. The smallest absolute Gasteiger partial charge is 0.386 e. The number of halogens is 4. The molecule has 20 heavy (non-hydrogen) atoms. The van der Waals surface area contributed by atoms with Crippen LogP contribution in [0.4, 0.5) is 23.2 Å².